The van der Waals surface area contributed by atoms with Gasteiger partial charge in [-0.15, -0.1) is 0 Å². The Morgan fingerprint density at radius 1 is 0.944 bits per heavy atom. The maximum Gasteiger partial charge on any atom is 0.265 e. The number of rotatable bonds is 4. The summed E-state index contributed by atoms with van der Waals surface area (Å²) in [6.07, 6.45) is 1.45. The van der Waals surface area contributed by atoms with E-state index in [-0.39, 0.29) is 47.6 Å². The van der Waals surface area contributed by atoms with E-state index in [0.29, 0.717) is 22.2 Å². The Balaban J connectivity index is 1.29. The number of carbonyl (C=O) groups is 1. The molecule has 0 unspecified atom stereocenters. The van der Waals surface area contributed by atoms with Crippen molar-refractivity contribution in [2.45, 2.75) is 4.90 Å². The Hall–Kier alpha value is -3.60. The first-order chi connectivity index (χ1) is 17.3. The van der Waals surface area contributed by atoms with Crippen molar-refractivity contribution in [3.63, 3.8) is 0 Å². The molecule has 1 aliphatic rings. The average molecular weight is 527 g/mol. The Morgan fingerprint density at radius 3 is 2.33 bits per heavy atom. The summed E-state index contributed by atoms with van der Waals surface area (Å²) in [5.41, 5.74) is 1.39. The van der Waals surface area contributed by atoms with Crippen molar-refractivity contribution in [1.29, 1.82) is 0 Å². The first-order valence-electron chi connectivity index (χ1n) is 11.1. The third kappa shape index (κ3) is 4.39. The normalized spacial score (nSPS) is 14.8. The Labute approximate surface area is 211 Å². The highest BCUT2D eigenvalue weighted by Crippen LogP contribution is 2.23. The van der Waals surface area contributed by atoms with E-state index >= 15 is 0 Å². The van der Waals surface area contributed by atoms with Gasteiger partial charge in [-0.05, 0) is 54.6 Å². The third-order valence-corrected chi connectivity index (χ3v) is 8.30. The fourth-order valence-corrected chi connectivity index (χ4v) is 5.81. The second-order valence-corrected chi connectivity index (χ2v) is 10.6. The molecular weight excluding hydrogens is 507 g/mol. The average Bonchev–Trinajstić information content (AvgIpc) is 2.90. The van der Waals surface area contributed by atoms with Crippen molar-refractivity contribution in [3.8, 4) is 5.69 Å². The number of carbonyl (C=O) groups excluding carboxylic acids is 1. The summed E-state index contributed by atoms with van der Waals surface area (Å²) in [7, 11) is -3.87. The van der Waals surface area contributed by atoms with Crippen LogP contribution in [0.25, 0.3) is 16.6 Å². The number of halogens is 2. The number of para-hydroxylation sites is 1. The Morgan fingerprint density at radius 2 is 1.64 bits per heavy atom. The zero-order chi connectivity index (χ0) is 25.4. The molecule has 1 saturated heterocycles. The molecule has 1 aliphatic heterocycles. The number of hydrogen-bond donors (Lipinski definition) is 0. The largest absolute Gasteiger partial charge is 0.336 e. The lowest BCUT2D eigenvalue weighted by Crippen LogP contribution is -2.50. The molecule has 4 aromatic rings. The predicted molar refractivity (Wildman–Crippen MR) is 133 cm³/mol. The van der Waals surface area contributed by atoms with Crippen molar-refractivity contribution in [3.05, 3.63) is 99.8 Å². The van der Waals surface area contributed by atoms with Crippen LogP contribution in [-0.2, 0) is 10.0 Å². The fraction of sp³-hybridized carbons (Fsp3) is 0.160. The zero-order valence-corrected chi connectivity index (χ0v) is 20.4. The highest BCUT2D eigenvalue weighted by molar-refractivity contribution is 7.89. The minimum atomic E-state index is -3.87. The molecule has 5 rings (SSSR count). The fourth-order valence-electron chi connectivity index (χ4n) is 4.12. The minimum absolute atomic E-state index is 0.0947. The quantitative estimate of drug-likeness (QED) is 0.407. The van der Waals surface area contributed by atoms with Gasteiger partial charge in [-0.2, -0.15) is 4.31 Å². The highest BCUT2D eigenvalue weighted by atomic mass is 35.5. The van der Waals surface area contributed by atoms with Crippen LogP contribution in [0.1, 0.15) is 10.4 Å². The molecule has 0 N–H and O–H groups in total. The molecule has 36 heavy (non-hydrogen) atoms. The van der Waals surface area contributed by atoms with Crippen LogP contribution in [0.5, 0.6) is 0 Å². The second kappa shape index (κ2) is 9.45. The molecule has 2 heterocycles. The third-order valence-electron chi connectivity index (χ3n) is 6.11. The molecule has 3 aromatic carbocycles. The molecule has 0 atom stereocenters. The van der Waals surface area contributed by atoms with Crippen LogP contribution in [0.4, 0.5) is 4.39 Å². The number of benzene rings is 3. The molecule has 11 heteroatoms. The number of nitrogens with zero attached hydrogens (tertiary/aromatic N) is 4. The number of aromatic nitrogens is 2. The lowest BCUT2D eigenvalue weighted by molar-refractivity contribution is 0.0698. The van der Waals surface area contributed by atoms with Crippen LogP contribution in [0.15, 0.2) is 82.7 Å². The van der Waals surface area contributed by atoms with Gasteiger partial charge in [0.1, 0.15) is 12.1 Å². The van der Waals surface area contributed by atoms with Crippen LogP contribution < -0.4 is 5.56 Å². The van der Waals surface area contributed by atoms with E-state index in [1.165, 1.54) is 21.3 Å². The van der Waals surface area contributed by atoms with E-state index < -0.39 is 15.8 Å². The minimum Gasteiger partial charge on any atom is -0.336 e. The van der Waals surface area contributed by atoms with Gasteiger partial charge in [0.05, 0.1) is 26.5 Å². The van der Waals surface area contributed by atoms with E-state index in [0.717, 1.165) is 12.1 Å². The first-order valence-corrected chi connectivity index (χ1v) is 12.9. The number of hydrogen-bond acceptors (Lipinski definition) is 5. The maximum atomic E-state index is 13.4. The number of sulfonamides is 1. The van der Waals surface area contributed by atoms with E-state index in [9.17, 15) is 22.4 Å². The SMILES string of the molecule is O=C(c1ccc(-n2cnc3ccccc3c2=O)cc1)N1CCN(S(=O)(=O)c2ccc(F)c(Cl)c2)CC1. The predicted octanol–water partition coefficient (Wildman–Crippen LogP) is 3.32. The van der Waals surface area contributed by atoms with E-state index in [2.05, 4.69) is 4.98 Å². The van der Waals surface area contributed by atoms with Crippen molar-refractivity contribution < 1.29 is 17.6 Å². The molecule has 184 valence electrons. The number of fused-ring (bicyclic) bond motifs is 1. The molecule has 0 saturated carbocycles. The summed E-state index contributed by atoms with van der Waals surface area (Å²) < 4.78 is 41.9. The topological polar surface area (TPSA) is 92.6 Å². The van der Waals surface area contributed by atoms with Crippen molar-refractivity contribution in [2.75, 3.05) is 26.2 Å². The molecule has 1 aromatic heterocycles. The Kier molecular flexibility index (Phi) is 6.33. The van der Waals surface area contributed by atoms with Crippen molar-refractivity contribution in [2.24, 2.45) is 0 Å². The smallest absolute Gasteiger partial charge is 0.265 e. The van der Waals surface area contributed by atoms with Crippen molar-refractivity contribution >= 4 is 38.4 Å². The van der Waals surface area contributed by atoms with Gasteiger partial charge in [0.2, 0.25) is 10.0 Å². The molecule has 0 aliphatic carbocycles. The van der Waals surface area contributed by atoms with Crippen LogP contribution in [0.2, 0.25) is 5.02 Å². The maximum absolute atomic E-state index is 13.4. The summed E-state index contributed by atoms with van der Waals surface area (Å²) in [6.45, 7) is 0.587. The van der Waals surface area contributed by atoms with Gasteiger partial charge in [-0.3, -0.25) is 14.2 Å². The molecular formula is C25H20ClFN4O4S. The highest BCUT2D eigenvalue weighted by Gasteiger charge is 2.31. The molecule has 1 fully saturated rings. The van der Waals surface area contributed by atoms with Gasteiger partial charge in [-0.25, -0.2) is 17.8 Å². The van der Waals surface area contributed by atoms with E-state index in [4.69, 9.17) is 11.6 Å². The lowest BCUT2D eigenvalue weighted by Gasteiger charge is -2.34. The second-order valence-electron chi connectivity index (χ2n) is 8.26. The zero-order valence-electron chi connectivity index (χ0n) is 18.8. The number of piperazine rings is 1. The van der Waals surface area contributed by atoms with Crippen LogP contribution in [-0.4, -0.2) is 59.3 Å². The van der Waals surface area contributed by atoms with Gasteiger partial charge in [0, 0.05) is 31.7 Å². The summed E-state index contributed by atoms with van der Waals surface area (Å²) in [5, 5.41) is 0.228. The van der Waals surface area contributed by atoms with Gasteiger partial charge >= 0.3 is 0 Å². The van der Waals surface area contributed by atoms with Gasteiger partial charge in [-0.1, -0.05) is 23.7 Å². The Bertz CT molecular complexity index is 1630. The molecule has 8 nitrogen and oxygen atoms in total. The van der Waals surface area contributed by atoms with Gasteiger partial charge in [0.25, 0.3) is 11.5 Å². The first kappa shape index (κ1) is 24.1. The molecule has 0 radical (unpaired) electrons. The lowest BCUT2D eigenvalue weighted by atomic mass is 10.1. The summed E-state index contributed by atoms with van der Waals surface area (Å²) >= 11 is 5.74. The molecule has 0 spiro atoms. The summed E-state index contributed by atoms with van der Waals surface area (Å²) in [4.78, 5) is 31.6. The summed E-state index contributed by atoms with van der Waals surface area (Å²) in [6, 6.07) is 16.9. The van der Waals surface area contributed by atoms with Crippen LogP contribution >= 0.6 is 11.6 Å². The van der Waals surface area contributed by atoms with Crippen LogP contribution in [0, 0.1) is 5.82 Å². The van der Waals surface area contributed by atoms with Crippen molar-refractivity contribution in [1.82, 2.24) is 18.8 Å². The van der Waals surface area contributed by atoms with Crippen LogP contribution in [0.3, 0.4) is 0 Å². The molecule has 0 bridgehead atoms. The number of amides is 1. The van der Waals surface area contributed by atoms with E-state index in [1.807, 2.05) is 6.07 Å². The van der Waals surface area contributed by atoms with Gasteiger partial charge < -0.3 is 4.90 Å². The molecule has 1 amide bonds. The van der Waals surface area contributed by atoms with E-state index in [1.54, 1.807) is 47.4 Å². The monoisotopic (exact) mass is 526 g/mol. The summed E-state index contributed by atoms with van der Waals surface area (Å²) in [5.74, 6) is -0.939. The standard InChI is InChI=1S/C25H20ClFN4O4S/c26-21-15-19(9-10-22(21)27)36(34,35)30-13-11-29(12-14-30)24(32)17-5-7-18(8-6-17)31-16-28-23-4-2-1-3-20(23)25(31)33/h1-10,15-16H,11-14H2. The van der Waals surface area contributed by atoms with Gasteiger partial charge in [0.15, 0.2) is 0 Å².